The number of rotatable bonds is 6. The Morgan fingerprint density at radius 1 is 1.16 bits per heavy atom. The van der Waals surface area contributed by atoms with Gasteiger partial charge in [0.25, 0.3) is 5.91 Å². The summed E-state index contributed by atoms with van der Waals surface area (Å²) in [4.78, 5) is 24.3. The number of aromatic amines is 1. The smallest absolute Gasteiger partial charge is 0.338 e. The molecule has 3 rings (SSSR count). The number of nitrogens with zero attached hydrogens (tertiary/aromatic N) is 1. The van der Waals surface area contributed by atoms with Crippen molar-refractivity contribution in [3.8, 4) is 0 Å². The van der Waals surface area contributed by atoms with Crippen LogP contribution < -0.4 is 5.32 Å². The van der Waals surface area contributed by atoms with E-state index in [1.807, 2.05) is 19.1 Å². The maximum atomic E-state index is 12.5. The lowest BCUT2D eigenvalue weighted by atomic mass is 10.1. The lowest BCUT2D eigenvalue weighted by molar-refractivity contribution is 0.0499. The fourth-order valence-electron chi connectivity index (χ4n) is 2.44. The number of benzene rings is 2. The van der Waals surface area contributed by atoms with E-state index in [0.717, 1.165) is 18.2 Å². The Kier molecular flexibility index (Phi) is 5.09. The van der Waals surface area contributed by atoms with Gasteiger partial charge < -0.3 is 10.1 Å². The molecule has 0 aliphatic heterocycles. The summed E-state index contributed by atoms with van der Waals surface area (Å²) in [5, 5.41) is 10.5. The van der Waals surface area contributed by atoms with Gasteiger partial charge in [0.2, 0.25) is 0 Å². The van der Waals surface area contributed by atoms with Crippen LogP contribution in [0.3, 0.4) is 0 Å². The lowest BCUT2D eigenvalue weighted by Crippen LogP contribution is -2.13. The Bertz CT molecular complexity index is 884. The van der Waals surface area contributed by atoms with Crippen molar-refractivity contribution >= 4 is 28.5 Å². The molecular weight excluding hydrogens is 318 g/mol. The molecule has 0 aliphatic carbocycles. The van der Waals surface area contributed by atoms with E-state index in [2.05, 4.69) is 15.5 Å². The van der Waals surface area contributed by atoms with Crippen molar-refractivity contribution in [2.75, 3.05) is 11.9 Å². The molecule has 0 atom stereocenters. The lowest BCUT2D eigenvalue weighted by Gasteiger charge is -2.08. The summed E-state index contributed by atoms with van der Waals surface area (Å²) in [6.07, 6.45) is 3.49. The number of H-pyrrole nitrogens is 1. The van der Waals surface area contributed by atoms with E-state index in [-0.39, 0.29) is 11.9 Å². The van der Waals surface area contributed by atoms with Crippen LogP contribution in [0.2, 0.25) is 0 Å². The molecule has 0 bridgehead atoms. The molecule has 2 aromatic carbocycles. The Morgan fingerprint density at radius 3 is 2.72 bits per heavy atom. The van der Waals surface area contributed by atoms with Crippen molar-refractivity contribution < 1.29 is 14.3 Å². The van der Waals surface area contributed by atoms with Gasteiger partial charge in [-0.3, -0.25) is 9.89 Å². The molecule has 6 nitrogen and oxygen atoms in total. The third kappa shape index (κ3) is 3.85. The zero-order chi connectivity index (χ0) is 17.6. The number of nitrogens with one attached hydrogen (secondary N) is 2. The van der Waals surface area contributed by atoms with E-state index < -0.39 is 0 Å². The monoisotopic (exact) mass is 337 g/mol. The number of aromatic nitrogens is 2. The second-order valence-electron chi connectivity index (χ2n) is 5.66. The molecule has 128 valence electrons. The normalized spacial score (nSPS) is 10.6. The maximum absolute atomic E-state index is 12.5. The number of unbranched alkanes of at least 4 members (excludes halogenated alkanes) is 1. The number of esters is 1. The number of hydrogen-bond acceptors (Lipinski definition) is 4. The predicted molar refractivity (Wildman–Crippen MR) is 95.7 cm³/mol. The maximum Gasteiger partial charge on any atom is 0.338 e. The average Bonchev–Trinajstić information content (AvgIpc) is 3.11. The Hall–Kier alpha value is -3.15. The molecule has 0 saturated heterocycles. The van der Waals surface area contributed by atoms with Crippen molar-refractivity contribution in [3.63, 3.8) is 0 Å². The fourth-order valence-corrected chi connectivity index (χ4v) is 2.44. The van der Waals surface area contributed by atoms with Gasteiger partial charge in [0.1, 0.15) is 0 Å². The molecule has 0 unspecified atom stereocenters. The molecule has 25 heavy (non-hydrogen) atoms. The number of carbonyl (C=O) groups excluding carboxylic acids is 2. The number of fused-ring (bicyclic) bond motifs is 1. The highest BCUT2D eigenvalue weighted by atomic mass is 16.5. The molecule has 2 N–H and O–H groups in total. The van der Waals surface area contributed by atoms with Crippen LogP contribution in [0.1, 0.15) is 40.5 Å². The molecule has 0 aliphatic rings. The van der Waals surface area contributed by atoms with Crippen LogP contribution in [-0.4, -0.2) is 28.7 Å². The topological polar surface area (TPSA) is 84.1 Å². The molecule has 0 fully saturated rings. The number of para-hydroxylation sites is 1. The molecule has 1 heterocycles. The molecule has 1 aromatic heterocycles. The summed E-state index contributed by atoms with van der Waals surface area (Å²) in [6, 6.07) is 12.1. The number of anilines is 1. The van der Waals surface area contributed by atoms with Crippen LogP contribution in [-0.2, 0) is 4.74 Å². The zero-order valence-corrected chi connectivity index (χ0v) is 13.9. The van der Waals surface area contributed by atoms with Gasteiger partial charge in [0.05, 0.1) is 29.4 Å². The summed E-state index contributed by atoms with van der Waals surface area (Å²) in [7, 11) is 0. The van der Waals surface area contributed by atoms with Crippen molar-refractivity contribution in [2.45, 2.75) is 19.8 Å². The summed E-state index contributed by atoms with van der Waals surface area (Å²) in [5.41, 5.74) is 2.27. The van der Waals surface area contributed by atoms with Gasteiger partial charge in [0, 0.05) is 11.1 Å². The molecule has 3 aromatic rings. The fraction of sp³-hybridized carbons (Fsp3) is 0.211. The van der Waals surface area contributed by atoms with Gasteiger partial charge in [0.15, 0.2) is 0 Å². The first kappa shape index (κ1) is 16.7. The number of hydrogen-bond donors (Lipinski definition) is 2. The van der Waals surface area contributed by atoms with E-state index >= 15 is 0 Å². The SMILES string of the molecule is CCCCOC(=O)c1ccc(NC(=O)c2cccc3cn[nH]c23)cc1. The molecule has 0 saturated carbocycles. The van der Waals surface area contributed by atoms with Crippen LogP contribution in [0.5, 0.6) is 0 Å². The average molecular weight is 337 g/mol. The van der Waals surface area contributed by atoms with Gasteiger partial charge in [-0.25, -0.2) is 4.79 Å². The van der Waals surface area contributed by atoms with Gasteiger partial charge >= 0.3 is 5.97 Å². The number of carbonyl (C=O) groups is 2. The standard InChI is InChI=1S/C19H19N3O3/c1-2-3-11-25-19(24)13-7-9-15(10-8-13)21-18(23)16-6-4-5-14-12-20-22-17(14)16/h4-10,12H,2-3,11H2,1H3,(H,20,22)(H,21,23). The summed E-state index contributed by atoms with van der Waals surface area (Å²) in [5.74, 6) is -0.596. The summed E-state index contributed by atoms with van der Waals surface area (Å²) < 4.78 is 5.16. The third-order valence-electron chi connectivity index (χ3n) is 3.83. The molecule has 0 spiro atoms. The molecule has 6 heteroatoms. The van der Waals surface area contributed by atoms with Crippen molar-refractivity contribution in [2.24, 2.45) is 0 Å². The first-order valence-electron chi connectivity index (χ1n) is 8.19. The minimum absolute atomic E-state index is 0.242. The van der Waals surface area contributed by atoms with E-state index in [9.17, 15) is 9.59 Å². The van der Waals surface area contributed by atoms with Crippen LogP contribution >= 0.6 is 0 Å². The summed E-state index contributed by atoms with van der Waals surface area (Å²) >= 11 is 0. The first-order valence-corrected chi connectivity index (χ1v) is 8.19. The van der Waals surface area contributed by atoms with Gasteiger partial charge in [-0.15, -0.1) is 0 Å². The Balaban J connectivity index is 1.68. The van der Waals surface area contributed by atoms with Crippen molar-refractivity contribution in [3.05, 3.63) is 59.8 Å². The van der Waals surface area contributed by atoms with Gasteiger partial charge in [-0.05, 0) is 36.8 Å². The molecule has 0 radical (unpaired) electrons. The second kappa shape index (κ2) is 7.61. The molecule has 1 amide bonds. The van der Waals surface area contributed by atoms with E-state index in [1.54, 1.807) is 36.5 Å². The zero-order valence-electron chi connectivity index (χ0n) is 13.9. The second-order valence-corrected chi connectivity index (χ2v) is 5.66. The van der Waals surface area contributed by atoms with Crippen LogP contribution in [0, 0.1) is 0 Å². The van der Waals surface area contributed by atoms with Crippen LogP contribution in [0.4, 0.5) is 5.69 Å². The minimum atomic E-state index is -0.353. The van der Waals surface area contributed by atoms with Crippen molar-refractivity contribution in [1.29, 1.82) is 0 Å². The highest BCUT2D eigenvalue weighted by molar-refractivity contribution is 6.11. The Morgan fingerprint density at radius 2 is 1.96 bits per heavy atom. The summed E-state index contributed by atoms with van der Waals surface area (Å²) in [6.45, 7) is 2.46. The molecular formula is C19H19N3O3. The van der Waals surface area contributed by atoms with Gasteiger partial charge in [-0.2, -0.15) is 5.10 Å². The highest BCUT2D eigenvalue weighted by Gasteiger charge is 2.12. The third-order valence-corrected chi connectivity index (χ3v) is 3.83. The van der Waals surface area contributed by atoms with Gasteiger partial charge in [-0.1, -0.05) is 25.5 Å². The van der Waals surface area contributed by atoms with Crippen LogP contribution in [0.25, 0.3) is 10.9 Å². The van der Waals surface area contributed by atoms with E-state index in [4.69, 9.17) is 4.74 Å². The largest absolute Gasteiger partial charge is 0.462 e. The van der Waals surface area contributed by atoms with E-state index in [0.29, 0.717) is 28.9 Å². The number of ether oxygens (including phenoxy) is 1. The quantitative estimate of drug-likeness (QED) is 0.530. The van der Waals surface area contributed by atoms with Crippen molar-refractivity contribution in [1.82, 2.24) is 10.2 Å². The van der Waals surface area contributed by atoms with Crippen LogP contribution in [0.15, 0.2) is 48.7 Å². The first-order chi connectivity index (χ1) is 12.2. The Labute approximate surface area is 145 Å². The minimum Gasteiger partial charge on any atom is -0.462 e. The number of amides is 1. The highest BCUT2D eigenvalue weighted by Crippen LogP contribution is 2.18. The predicted octanol–water partition coefficient (Wildman–Crippen LogP) is 3.77. The van der Waals surface area contributed by atoms with E-state index in [1.165, 1.54) is 0 Å².